The molecule has 98 valence electrons. The van der Waals surface area contributed by atoms with Gasteiger partial charge in [0.1, 0.15) is 0 Å². The van der Waals surface area contributed by atoms with Crippen LogP contribution in [-0.2, 0) is 0 Å². The standard InChI is InChI=1S/C13H13ClN4S/c1-8-3-6-12-16-13(17-18(12)7-8)15-9(2)10-4-5-11(14)19-10/h3-7,9H,1-2H3,(H,15,17). The van der Waals surface area contributed by atoms with E-state index < -0.39 is 0 Å². The second-order valence-corrected chi connectivity index (χ2v) is 6.20. The quantitative estimate of drug-likeness (QED) is 0.795. The molecule has 0 amide bonds. The van der Waals surface area contributed by atoms with Crippen molar-refractivity contribution in [3.63, 3.8) is 0 Å². The lowest BCUT2D eigenvalue weighted by molar-refractivity contribution is 0.868. The number of aryl methyl sites for hydroxylation is 1. The fraction of sp³-hybridized carbons (Fsp3) is 0.231. The van der Waals surface area contributed by atoms with Gasteiger partial charge in [0, 0.05) is 11.1 Å². The molecule has 3 aromatic rings. The van der Waals surface area contributed by atoms with Crippen LogP contribution >= 0.6 is 22.9 Å². The van der Waals surface area contributed by atoms with E-state index in [9.17, 15) is 0 Å². The summed E-state index contributed by atoms with van der Waals surface area (Å²) in [5.74, 6) is 0.627. The highest BCUT2D eigenvalue weighted by Crippen LogP contribution is 2.28. The zero-order valence-corrected chi connectivity index (χ0v) is 12.2. The number of hydrogen-bond acceptors (Lipinski definition) is 4. The van der Waals surface area contributed by atoms with Crippen LogP contribution in [0.25, 0.3) is 5.65 Å². The van der Waals surface area contributed by atoms with Gasteiger partial charge in [0.25, 0.3) is 0 Å². The molecule has 1 N–H and O–H groups in total. The van der Waals surface area contributed by atoms with E-state index in [1.54, 1.807) is 15.9 Å². The summed E-state index contributed by atoms with van der Waals surface area (Å²) in [6.45, 7) is 4.10. The number of aromatic nitrogens is 3. The van der Waals surface area contributed by atoms with Gasteiger partial charge in [-0.15, -0.1) is 16.4 Å². The number of fused-ring (bicyclic) bond motifs is 1. The van der Waals surface area contributed by atoms with Crippen LogP contribution in [0.15, 0.2) is 30.5 Å². The van der Waals surface area contributed by atoms with Crippen LogP contribution in [0.4, 0.5) is 5.95 Å². The van der Waals surface area contributed by atoms with E-state index in [1.165, 1.54) is 4.88 Å². The molecule has 3 heterocycles. The molecular weight excluding hydrogens is 280 g/mol. The maximum Gasteiger partial charge on any atom is 0.243 e. The van der Waals surface area contributed by atoms with Crippen molar-refractivity contribution in [1.82, 2.24) is 14.6 Å². The first-order valence-electron chi connectivity index (χ1n) is 5.96. The van der Waals surface area contributed by atoms with Gasteiger partial charge < -0.3 is 5.32 Å². The predicted molar refractivity (Wildman–Crippen MR) is 79.1 cm³/mol. The second kappa shape index (κ2) is 4.83. The van der Waals surface area contributed by atoms with Crippen LogP contribution in [0.2, 0.25) is 4.34 Å². The zero-order valence-electron chi connectivity index (χ0n) is 10.6. The molecule has 19 heavy (non-hydrogen) atoms. The Hall–Kier alpha value is -1.59. The van der Waals surface area contributed by atoms with Gasteiger partial charge in [-0.1, -0.05) is 17.7 Å². The Kier molecular flexibility index (Phi) is 3.16. The Balaban J connectivity index is 1.85. The average molecular weight is 293 g/mol. The summed E-state index contributed by atoms with van der Waals surface area (Å²) in [5, 5.41) is 7.70. The average Bonchev–Trinajstić information content (AvgIpc) is 2.94. The molecule has 0 aliphatic carbocycles. The van der Waals surface area contributed by atoms with E-state index in [0.29, 0.717) is 5.95 Å². The number of hydrogen-bond donors (Lipinski definition) is 1. The van der Waals surface area contributed by atoms with Crippen molar-refractivity contribution in [1.29, 1.82) is 0 Å². The summed E-state index contributed by atoms with van der Waals surface area (Å²) in [6.07, 6.45) is 1.96. The Morgan fingerprint density at radius 2 is 2.16 bits per heavy atom. The topological polar surface area (TPSA) is 42.2 Å². The van der Waals surface area contributed by atoms with Gasteiger partial charge in [-0.3, -0.25) is 0 Å². The van der Waals surface area contributed by atoms with Gasteiger partial charge in [-0.05, 0) is 37.6 Å². The maximum atomic E-state index is 5.94. The number of pyridine rings is 1. The third-order valence-electron chi connectivity index (χ3n) is 2.85. The van der Waals surface area contributed by atoms with Gasteiger partial charge in [-0.2, -0.15) is 4.98 Å². The molecule has 1 unspecified atom stereocenters. The fourth-order valence-electron chi connectivity index (χ4n) is 1.87. The van der Waals surface area contributed by atoms with Crippen molar-refractivity contribution < 1.29 is 0 Å². The summed E-state index contributed by atoms with van der Waals surface area (Å²) in [6, 6.07) is 8.04. The lowest BCUT2D eigenvalue weighted by atomic mass is 10.3. The molecule has 0 spiro atoms. The Bertz CT molecular complexity index is 718. The van der Waals surface area contributed by atoms with Crippen LogP contribution in [0.5, 0.6) is 0 Å². The highest BCUT2D eigenvalue weighted by molar-refractivity contribution is 7.16. The van der Waals surface area contributed by atoms with Crippen molar-refractivity contribution in [2.75, 3.05) is 5.32 Å². The molecule has 0 bridgehead atoms. The molecule has 3 aromatic heterocycles. The van der Waals surface area contributed by atoms with Crippen molar-refractivity contribution in [2.24, 2.45) is 0 Å². The van der Waals surface area contributed by atoms with Crippen LogP contribution in [0.1, 0.15) is 23.4 Å². The number of thiophene rings is 1. The van der Waals surface area contributed by atoms with Crippen LogP contribution in [0, 0.1) is 6.92 Å². The Morgan fingerprint density at radius 1 is 1.32 bits per heavy atom. The van der Waals surface area contributed by atoms with Crippen molar-refractivity contribution in [3.8, 4) is 0 Å². The lowest BCUT2D eigenvalue weighted by Crippen LogP contribution is -2.06. The third kappa shape index (κ3) is 2.57. The van der Waals surface area contributed by atoms with Gasteiger partial charge in [0.15, 0.2) is 5.65 Å². The predicted octanol–water partition coefficient (Wildman–Crippen LogP) is 3.93. The minimum absolute atomic E-state index is 0.135. The molecule has 6 heteroatoms. The van der Waals surface area contributed by atoms with Crippen molar-refractivity contribution in [2.45, 2.75) is 19.9 Å². The summed E-state index contributed by atoms with van der Waals surface area (Å²) < 4.78 is 2.58. The zero-order chi connectivity index (χ0) is 13.4. The maximum absolute atomic E-state index is 5.94. The summed E-state index contributed by atoms with van der Waals surface area (Å²) in [4.78, 5) is 5.61. The minimum Gasteiger partial charge on any atom is -0.346 e. The third-order valence-corrected chi connectivity index (χ3v) is 4.26. The molecule has 4 nitrogen and oxygen atoms in total. The van der Waals surface area contributed by atoms with Gasteiger partial charge in [0.05, 0.1) is 10.4 Å². The van der Waals surface area contributed by atoms with E-state index in [-0.39, 0.29) is 6.04 Å². The van der Waals surface area contributed by atoms with E-state index in [2.05, 4.69) is 22.3 Å². The largest absolute Gasteiger partial charge is 0.346 e. The summed E-state index contributed by atoms with van der Waals surface area (Å²) >= 11 is 7.51. The smallest absolute Gasteiger partial charge is 0.243 e. The number of anilines is 1. The molecule has 0 fully saturated rings. The number of nitrogens with one attached hydrogen (secondary N) is 1. The molecule has 0 aliphatic heterocycles. The highest BCUT2D eigenvalue weighted by atomic mass is 35.5. The molecule has 1 atom stereocenters. The monoisotopic (exact) mass is 292 g/mol. The molecule has 3 rings (SSSR count). The molecular formula is C13H13ClN4S. The van der Waals surface area contributed by atoms with E-state index >= 15 is 0 Å². The van der Waals surface area contributed by atoms with E-state index in [4.69, 9.17) is 11.6 Å². The SMILES string of the molecule is Cc1ccc2nc(NC(C)c3ccc(Cl)s3)nn2c1. The molecule has 0 radical (unpaired) electrons. The summed E-state index contributed by atoms with van der Waals surface area (Å²) in [5.41, 5.74) is 1.99. The molecule has 0 aromatic carbocycles. The van der Waals surface area contributed by atoms with Gasteiger partial charge >= 0.3 is 0 Å². The van der Waals surface area contributed by atoms with Crippen molar-refractivity contribution in [3.05, 3.63) is 45.2 Å². The van der Waals surface area contributed by atoms with Gasteiger partial charge in [0.2, 0.25) is 5.95 Å². The Morgan fingerprint density at radius 3 is 2.89 bits per heavy atom. The van der Waals surface area contributed by atoms with Crippen molar-refractivity contribution >= 4 is 34.5 Å². The fourth-order valence-corrected chi connectivity index (χ4v) is 2.94. The van der Waals surface area contributed by atoms with Crippen LogP contribution in [-0.4, -0.2) is 14.6 Å². The number of nitrogens with zero attached hydrogens (tertiary/aromatic N) is 3. The van der Waals surface area contributed by atoms with Crippen LogP contribution in [0.3, 0.4) is 0 Å². The first kappa shape index (κ1) is 12.4. The van der Waals surface area contributed by atoms with E-state index in [0.717, 1.165) is 15.5 Å². The van der Waals surface area contributed by atoms with E-state index in [1.807, 2.05) is 37.4 Å². The second-order valence-electron chi connectivity index (χ2n) is 4.45. The number of rotatable bonds is 3. The molecule has 0 saturated heterocycles. The first-order valence-corrected chi connectivity index (χ1v) is 7.16. The summed E-state index contributed by atoms with van der Waals surface area (Å²) in [7, 11) is 0. The van der Waals surface area contributed by atoms with Crippen LogP contribution < -0.4 is 5.32 Å². The molecule has 0 saturated carbocycles. The lowest BCUT2D eigenvalue weighted by Gasteiger charge is -2.09. The minimum atomic E-state index is 0.135. The molecule has 0 aliphatic rings. The number of halogens is 1. The first-order chi connectivity index (χ1) is 9.11. The Labute approximate surface area is 120 Å². The van der Waals surface area contributed by atoms with Gasteiger partial charge in [-0.25, -0.2) is 4.52 Å². The normalized spacial score (nSPS) is 12.8. The highest BCUT2D eigenvalue weighted by Gasteiger charge is 2.11.